The van der Waals surface area contributed by atoms with Crippen LogP contribution in [0.5, 0.6) is 0 Å². The van der Waals surface area contributed by atoms with E-state index in [9.17, 15) is 18.3 Å². The highest BCUT2D eigenvalue weighted by atomic mass is 35.5. The van der Waals surface area contributed by atoms with Crippen molar-refractivity contribution in [1.82, 2.24) is 0 Å². The van der Waals surface area contributed by atoms with Gasteiger partial charge in [0.15, 0.2) is 0 Å². The minimum absolute atomic E-state index is 0.100. The van der Waals surface area contributed by atoms with Gasteiger partial charge in [0.05, 0.1) is 11.7 Å². The Bertz CT molecular complexity index is 599. The van der Waals surface area contributed by atoms with E-state index in [0.29, 0.717) is 16.3 Å². The molecule has 21 heavy (non-hydrogen) atoms. The van der Waals surface area contributed by atoms with Gasteiger partial charge in [0, 0.05) is 17.3 Å². The lowest BCUT2D eigenvalue weighted by Gasteiger charge is -2.14. The Morgan fingerprint density at radius 1 is 1.10 bits per heavy atom. The average molecular weight is 316 g/mol. The molecule has 0 aliphatic heterocycles. The summed E-state index contributed by atoms with van der Waals surface area (Å²) >= 11 is 5.75. The zero-order chi connectivity index (χ0) is 15.5. The number of aliphatic hydroxyl groups excluding tert-OH is 1. The van der Waals surface area contributed by atoms with E-state index in [2.05, 4.69) is 5.32 Å². The van der Waals surface area contributed by atoms with Crippen LogP contribution < -0.4 is 5.32 Å². The third-order valence-corrected chi connectivity index (χ3v) is 3.20. The number of aliphatic hydroxyl groups is 1. The molecule has 2 aromatic rings. The molecule has 0 aliphatic carbocycles. The zero-order valence-corrected chi connectivity index (χ0v) is 11.6. The van der Waals surface area contributed by atoms with Gasteiger partial charge in [-0.15, -0.1) is 0 Å². The second-order valence-corrected chi connectivity index (χ2v) is 4.96. The van der Waals surface area contributed by atoms with E-state index in [4.69, 9.17) is 11.6 Å². The van der Waals surface area contributed by atoms with Crippen LogP contribution in [0.3, 0.4) is 0 Å². The van der Waals surface area contributed by atoms with Gasteiger partial charge in [0.25, 0.3) is 0 Å². The summed E-state index contributed by atoms with van der Waals surface area (Å²) in [6.45, 7) is 0.100. The molecule has 0 aliphatic rings. The molecule has 0 heterocycles. The Kier molecular flexibility index (Phi) is 4.75. The van der Waals surface area contributed by atoms with Gasteiger partial charge in [-0.05, 0) is 35.9 Å². The second kappa shape index (κ2) is 6.37. The van der Waals surface area contributed by atoms with Gasteiger partial charge in [-0.3, -0.25) is 0 Å². The van der Waals surface area contributed by atoms with Crippen LogP contribution in [-0.2, 0) is 6.18 Å². The first-order chi connectivity index (χ1) is 9.86. The molecule has 0 saturated carbocycles. The van der Waals surface area contributed by atoms with Crippen LogP contribution in [0.15, 0.2) is 48.5 Å². The Hall–Kier alpha value is -1.72. The smallest absolute Gasteiger partial charge is 0.387 e. The fraction of sp³-hybridized carbons (Fsp3) is 0.200. The molecular weight excluding hydrogens is 303 g/mol. The molecular formula is C15H13ClF3NO. The Morgan fingerprint density at radius 3 is 2.38 bits per heavy atom. The van der Waals surface area contributed by atoms with E-state index in [-0.39, 0.29) is 6.54 Å². The number of hydrogen-bond donors (Lipinski definition) is 2. The maximum Gasteiger partial charge on any atom is 0.416 e. The maximum absolute atomic E-state index is 12.6. The molecule has 1 atom stereocenters. The van der Waals surface area contributed by atoms with Crippen molar-refractivity contribution in [1.29, 1.82) is 0 Å². The van der Waals surface area contributed by atoms with E-state index in [1.54, 1.807) is 24.3 Å². The van der Waals surface area contributed by atoms with Crippen molar-refractivity contribution in [2.24, 2.45) is 0 Å². The van der Waals surface area contributed by atoms with Crippen molar-refractivity contribution in [3.05, 3.63) is 64.7 Å². The van der Waals surface area contributed by atoms with E-state index in [1.165, 1.54) is 12.1 Å². The molecule has 0 bridgehead atoms. The topological polar surface area (TPSA) is 32.3 Å². The van der Waals surface area contributed by atoms with Crippen LogP contribution >= 0.6 is 11.6 Å². The van der Waals surface area contributed by atoms with Gasteiger partial charge in [0.2, 0.25) is 0 Å². The highest BCUT2D eigenvalue weighted by molar-refractivity contribution is 6.30. The Morgan fingerprint density at radius 2 is 1.76 bits per heavy atom. The number of anilines is 1. The van der Waals surface area contributed by atoms with Crippen LogP contribution in [0, 0.1) is 0 Å². The lowest BCUT2D eigenvalue weighted by Crippen LogP contribution is -2.13. The van der Waals surface area contributed by atoms with Crippen molar-refractivity contribution < 1.29 is 18.3 Å². The molecule has 0 aromatic heterocycles. The predicted octanol–water partition coefficient (Wildman–Crippen LogP) is 4.50. The van der Waals surface area contributed by atoms with Gasteiger partial charge >= 0.3 is 6.18 Å². The fourth-order valence-corrected chi connectivity index (χ4v) is 1.95. The van der Waals surface area contributed by atoms with Gasteiger partial charge in [-0.1, -0.05) is 29.8 Å². The van der Waals surface area contributed by atoms with Crippen molar-refractivity contribution in [3.8, 4) is 0 Å². The quantitative estimate of drug-likeness (QED) is 0.870. The molecule has 0 amide bonds. The van der Waals surface area contributed by atoms with Crippen molar-refractivity contribution in [3.63, 3.8) is 0 Å². The number of hydrogen-bond acceptors (Lipinski definition) is 2. The molecule has 0 radical (unpaired) electrons. The number of halogens is 4. The predicted molar refractivity (Wildman–Crippen MR) is 76.3 cm³/mol. The van der Waals surface area contributed by atoms with E-state index in [1.807, 2.05) is 0 Å². The number of rotatable bonds is 4. The Labute approximate surface area is 125 Å². The molecule has 0 spiro atoms. The Balaban J connectivity index is 2.01. The molecule has 6 heteroatoms. The molecule has 112 valence electrons. The van der Waals surface area contributed by atoms with Crippen LogP contribution in [0.4, 0.5) is 18.9 Å². The lowest BCUT2D eigenvalue weighted by atomic mass is 10.1. The molecule has 2 nitrogen and oxygen atoms in total. The summed E-state index contributed by atoms with van der Waals surface area (Å²) in [4.78, 5) is 0. The summed E-state index contributed by atoms with van der Waals surface area (Å²) in [5.41, 5.74) is 0.213. The minimum atomic E-state index is -4.38. The first-order valence-electron chi connectivity index (χ1n) is 6.21. The second-order valence-electron chi connectivity index (χ2n) is 4.53. The summed E-state index contributed by atoms with van der Waals surface area (Å²) in [5, 5.41) is 13.3. The third-order valence-electron chi connectivity index (χ3n) is 2.94. The van der Waals surface area contributed by atoms with Gasteiger partial charge in [-0.25, -0.2) is 0 Å². The van der Waals surface area contributed by atoms with E-state index < -0.39 is 17.8 Å². The highest BCUT2D eigenvalue weighted by Crippen LogP contribution is 2.30. The summed E-state index contributed by atoms with van der Waals surface area (Å²) in [6.07, 6.45) is -5.22. The van der Waals surface area contributed by atoms with Gasteiger partial charge in [0.1, 0.15) is 0 Å². The van der Waals surface area contributed by atoms with Crippen molar-refractivity contribution in [2.45, 2.75) is 12.3 Å². The normalized spacial score (nSPS) is 13.0. The minimum Gasteiger partial charge on any atom is -0.387 e. The molecule has 2 rings (SSSR count). The molecule has 0 saturated heterocycles. The van der Waals surface area contributed by atoms with Crippen LogP contribution in [-0.4, -0.2) is 11.7 Å². The first-order valence-corrected chi connectivity index (χ1v) is 6.59. The summed E-state index contributed by atoms with van der Waals surface area (Å²) in [6, 6.07) is 11.5. The number of alkyl halides is 3. The maximum atomic E-state index is 12.6. The zero-order valence-electron chi connectivity index (χ0n) is 10.9. The van der Waals surface area contributed by atoms with Crippen molar-refractivity contribution in [2.75, 3.05) is 11.9 Å². The van der Waals surface area contributed by atoms with Crippen molar-refractivity contribution >= 4 is 17.3 Å². The van der Waals surface area contributed by atoms with Gasteiger partial charge < -0.3 is 10.4 Å². The van der Waals surface area contributed by atoms with Gasteiger partial charge in [-0.2, -0.15) is 13.2 Å². The van der Waals surface area contributed by atoms with Crippen LogP contribution in [0.1, 0.15) is 17.2 Å². The molecule has 2 aromatic carbocycles. The summed E-state index contributed by atoms with van der Waals surface area (Å²) < 4.78 is 37.7. The number of benzene rings is 2. The monoisotopic (exact) mass is 315 g/mol. The first kappa shape index (κ1) is 15.7. The van der Waals surface area contributed by atoms with E-state index in [0.717, 1.165) is 12.1 Å². The molecule has 1 unspecified atom stereocenters. The third kappa shape index (κ3) is 4.37. The van der Waals surface area contributed by atoms with E-state index >= 15 is 0 Å². The van der Waals surface area contributed by atoms with Crippen LogP contribution in [0.25, 0.3) is 0 Å². The largest absolute Gasteiger partial charge is 0.416 e. The standard InChI is InChI=1S/C15H13ClF3NO/c16-12-6-4-10(5-7-12)14(21)9-20-13-3-1-2-11(8-13)15(17,18)19/h1-8,14,20-21H,9H2. The molecule has 0 fully saturated rings. The van der Waals surface area contributed by atoms with Crippen LogP contribution in [0.2, 0.25) is 5.02 Å². The summed E-state index contributed by atoms with van der Waals surface area (Å²) in [7, 11) is 0. The highest BCUT2D eigenvalue weighted by Gasteiger charge is 2.30. The molecule has 2 N–H and O–H groups in total. The lowest BCUT2D eigenvalue weighted by molar-refractivity contribution is -0.137. The summed E-state index contributed by atoms with van der Waals surface area (Å²) in [5.74, 6) is 0. The fourth-order valence-electron chi connectivity index (χ4n) is 1.82. The SMILES string of the molecule is OC(CNc1cccc(C(F)(F)F)c1)c1ccc(Cl)cc1. The number of nitrogens with one attached hydrogen (secondary N) is 1. The average Bonchev–Trinajstić information content (AvgIpc) is 2.45.